The molecule has 0 atom stereocenters. The fraction of sp³-hybridized carbons (Fsp3) is 0.389. The van der Waals surface area contributed by atoms with Crippen LogP contribution in [-0.4, -0.2) is 58.1 Å². The van der Waals surface area contributed by atoms with Gasteiger partial charge in [0.1, 0.15) is 5.82 Å². The van der Waals surface area contributed by atoms with Crippen LogP contribution in [0.2, 0.25) is 0 Å². The molecule has 1 amide bonds. The molecule has 1 aromatic carbocycles. The molecular formula is C18H21FN6OS. The Hall–Kier alpha value is -2.52. The molecule has 4 rings (SSSR count). The maximum absolute atomic E-state index is 13.1. The molecule has 0 bridgehead atoms. The number of amides is 1. The van der Waals surface area contributed by atoms with Gasteiger partial charge in [-0.15, -0.1) is 5.10 Å². The summed E-state index contributed by atoms with van der Waals surface area (Å²) in [5.41, 5.74) is 7.11. The summed E-state index contributed by atoms with van der Waals surface area (Å²) in [7, 11) is 0. The number of carbonyl (C=O) groups is 1. The van der Waals surface area contributed by atoms with E-state index in [1.54, 1.807) is 16.6 Å². The number of aromatic nitrogens is 3. The maximum atomic E-state index is 13.1. The van der Waals surface area contributed by atoms with Crippen LogP contribution in [0.1, 0.15) is 12.8 Å². The molecule has 3 heterocycles. The van der Waals surface area contributed by atoms with Crippen LogP contribution in [0.25, 0.3) is 16.2 Å². The first-order valence-electron chi connectivity index (χ1n) is 8.99. The second-order valence-electron chi connectivity index (χ2n) is 6.50. The Bertz CT molecular complexity index is 898. The Kier molecular flexibility index (Phi) is 5.04. The molecule has 0 unspecified atom stereocenters. The SMILES string of the molecule is NCCCC(=O)N1CCN(c2nn3cc(-c4ccc(F)cc4)nc3s2)CC1. The Labute approximate surface area is 160 Å². The number of hydrogen-bond donors (Lipinski definition) is 1. The zero-order chi connectivity index (χ0) is 18.8. The number of halogens is 1. The Morgan fingerprint density at radius 1 is 1.19 bits per heavy atom. The van der Waals surface area contributed by atoms with E-state index in [0.717, 1.165) is 40.9 Å². The van der Waals surface area contributed by atoms with Crippen LogP contribution in [0.5, 0.6) is 0 Å². The van der Waals surface area contributed by atoms with Gasteiger partial charge in [0.25, 0.3) is 0 Å². The van der Waals surface area contributed by atoms with Crippen molar-refractivity contribution in [3.63, 3.8) is 0 Å². The number of nitrogens with two attached hydrogens (primary N) is 1. The van der Waals surface area contributed by atoms with Crippen molar-refractivity contribution in [1.29, 1.82) is 0 Å². The zero-order valence-electron chi connectivity index (χ0n) is 14.8. The molecule has 27 heavy (non-hydrogen) atoms. The molecule has 2 aromatic heterocycles. The third-order valence-electron chi connectivity index (χ3n) is 4.67. The minimum absolute atomic E-state index is 0.179. The van der Waals surface area contributed by atoms with Crippen LogP contribution in [0.3, 0.4) is 0 Å². The highest BCUT2D eigenvalue weighted by atomic mass is 32.1. The van der Waals surface area contributed by atoms with E-state index in [1.165, 1.54) is 23.5 Å². The normalized spacial score (nSPS) is 14.9. The summed E-state index contributed by atoms with van der Waals surface area (Å²) in [6, 6.07) is 6.28. The van der Waals surface area contributed by atoms with Gasteiger partial charge in [-0.25, -0.2) is 13.9 Å². The van der Waals surface area contributed by atoms with E-state index in [1.807, 2.05) is 11.1 Å². The molecule has 1 aliphatic heterocycles. The molecule has 0 aliphatic carbocycles. The van der Waals surface area contributed by atoms with Gasteiger partial charge in [0.05, 0.1) is 11.9 Å². The van der Waals surface area contributed by atoms with Crippen LogP contribution >= 0.6 is 11.3 Å². The molecule has 0 spiro atoms. The fourth-order valence-electron chi connectivity index (χ4n) is 3.14. The van der Waals surface area contributed by atoms with Crippen molar-refractivity contribution >= 4 is 27.3 Å². The lowest BCUT2D eigenvalue weighted by Crippen LogP contribution is -2.48. The summed E-state index contributed by atoms with van der Waals surface area (Å²) in [5, 5.41) is 5.52. The number of rotatable bonds is 5. The summed E-state index contributed by atoms with van der Waals surface area (Å²) >= 11 is 1.52. The smallest absolute Gasteiger partial charge is 0.222 e. The third kappa shape index (κ3) is 3.79. The monoisotopic (exact) mass is 388 g/mol. The highest BCUT2D eigenvalue weighted by Gasteiger charge is 2.23. The number of nitrogens with zero attached hydrogens (tertiary/aromatic N) is 5. The fourth-order valence-corrected chi connectivity index (χ4v) is 4.07. The van der Waals surface area contributed by atoms with Crippen molar-refractivity contribution in [2.75, 3.05) is 37.6 Å². The molecular weight excluding hydrogens is 367 g/mol. The van der Waals surface area contributed by atoms with E-state index in [0.29, 0.717) is 26.1 Å². The first-order valence-corrected chi connectivity index (χ1v) is 9.80. The summed E-state index contributed by atoms with van der Waals surface area (Å²) in [6.07, 6.45) is 3.11. The van der Waals surface area contributed by atoms with E-state index in [9.17, 15) is 9.18 Å². The molecule has 1 saturated heterocycles. The summed E-state index contributed by atoms with van der Waals surface area (Å²) in [5.74, 6) is -0.0844. The third-order valence-corrected chi connectivity index (χ3v) is 5.65. The molecule has 3 aromatic rings. The number of benzene rings is 1. The molecule has 142 valence electrons. The molecule has 0 saturated carbocycles. The van der Waals surface area contributed by atoms with Crippen molar-refractivity contribution in [2.45, 2.75) is 12.8 Å². The van der Waals surface area contributed by atoms with Gasteiger partial charge >= 0.3 is 0 Å². The minimum atomic E-state index is -0.263. The van der Waals surface area contributed by atoms with Gasteiger partial charge in [-0.1, -0.05) is 11.3 Å². The van der Waals surface area contributed by atoms with E-state index in [-0.39, 0.29) is 11.7 Å². The van der Waals surface area contributed by atoms with Gasteiger partial charge in [-0.2, -0.15) is 0 Å². The van der Waals surface area contributed by atoms with Crippen molar-refractivity contribution in [3.8, 4) is 11.3 Å². The van der Waals surface area contributed by atoms with E-state index in [2.05, 4.69) is 15.0 Å². The summed E-state index contributed by atoms with van der Waals surface area (Å²) < 4.78 is 14.8. The lowest BCUT2D eigenvalue weighted by molar-refractivity contribution is -0.131. The van der Waals surface area contributed by atoms with Crippen LogP contribution in [0.15, 0.2) is 30.5 Å². The molecule has 0 radical (unpaired) electrons. The highest BCUT2D eigenvalue weighted by molar-refractivity contribution is 7.20. The van der Waals surface area contributed by atoms with Gasteiger partial charge in [0, 0.05) is 38.2 Å². The Balaban J connectivity index is 1.42. The van der Waals surface area contributed by atoms with Gasteiger partial charge in [-0.05, 0) is 37.2 Å². The molecule has 2 N–H and O–H groups in total. The highest BCUT2D eigenvalue weighted by Crippen LogP contribution is 2.27. The van der Waals surface area contributed by atoms with E-state index < -0.39 is 0 Å². The van der Waals surface area contributed by atoms with Gasteiger partial charge in [0.15, 0.2) is 0 Å². The summed E-state index contributed by atoms with van der Waals surface area (Å²) in [6.45, 7) is 3.47. The predicted molar refractivity (Wildman–Crippen MR) is 103 cm³/mol. The first-order chi connectivity index (χ1) is 13.1. The number of carbonyl (C=O) groups excluding carboxylic acids is 1. The topological polar surface area (TPSA) is 79.8 Å². The Morgan fingerprint density at radius 2 is 1.93 bits per heavy atom. The largest absolute Gasteiger partial charge is 0.343 e. The molecule has 1 fully saturated rings. The molecule has 7 nitrogen and oxygen atoms in total. The van der Waals surface area contributed by atoms with Gasteiger partial charge in [0.2, 0.25) is 16.0 Å². The van der Waals surface area contributed by atoms with E-state index in [4.69, 9.17) is 5.73 Å². The van der Waals surface area contributed by atoms with Crippen molar-refractivity contribution in [2.24, 2.45) is 5.73 Å². The van der Waals surface area contributed by atoms with Crippen molar-refractivity contribution in [3.05, 3.63) is 36.3 Å². The number of imidazole rings is 1. The number of fused-ring (bicyclic) bond motifs is 1. The Morgan fingerprint density at radius 3 is 2.59 bits per heavy atom. The number of piperazine rings is 1. The maximum Gasteiger partial charge on any atom is 0.222 e. The minimum Gasteiger partial charge on any atom is -0.343 e. The lowest BCUT2D eigenvalue weighted by atomic mass is 10.2. The second kappa shape index (κ2) is 7.61. The number of anilines is 1. The van der Waals surface area contributed by atoms with Crippen LogP contribution in [0.4, 0.5) is 9.52 Å². The van der Waals surface area contributed by atoms with Crippen molar-refractivity contribution < 1.29 is 9.18 Å². The number of hydrogen-bond acceptors (Lipinski definition) is 6. The quantitative estimate of drug-likeness (QED) is 0.723. The summed E-state index contributed by atoms with van der Waals surface area (Å²) in [4.78, 5) is 21.6. The van der Waals surface area contributed by atoms with Gasteiger partial charge in [-0.3, -0.25) is 4.79 Å². The first kappa shape index (κ1) is 17.9. The average molecular weight is 388 g/mol. The standard InChI is InChI=1S/C18H21FN6OS/c19-14-5-3-13(4-6-14)15-12-25-17(21-15)27-18(22-25)24-10-8-23(9-11-24)16(26)2-1-7-20/h3-6,12H,1-2,7-11,20H2. The molecule has 1 aliphatic rings. The van der Waals surface area contributed by atoms with Crippen molar-refractivity contribution in [1.82, 2.24) is 19.5 Å². The van der Waals surface area contributed by atoms with Crippen LogP contribution < -0.4 is 10.6 Å². The van der Waals surface area contributed by atoms with E-state index >= 15 is 0 Å². The van der Waals surface area contributed by atoms with Gasteiger partial charge < -0.3 is 15.5 Å². The average Bonchev–Trinajstić information content (AvgIpc) is 3.26. The lowest BCUT2D eigenvalue weighted by Gasteiger charge is -2.34. The zero-order valence-corrected chi connectivity index (χ0v) is 15.7. The van der Waals surface area contributed by atoms with Crippen LogP contribution in [0, 0.1) is 5.82 Å². The second-order valence-corrected chi connectivity index (χ2v) is 7.44. The molecule has 9 heteroatoms. The van der Waals surface area contributed by atoms with Crippen LogP contribution in [-0.2, 0) is 4.79 Å². The predicted octanol–water partition coefficient (Wildman–Crippen LogP) is 1.98.